The van der Waals surface area contributed by atoms with Crippen molar-refractivity contribution in [2.24, 2.45) is 0 Å². The number of carbonyl (C=O) groups excluding carboxylic acids is 1. The van der Waals surface area contributed by atoms with Crippen LogP contribution in [0.5, 0.6) is 5.75 Å². The summed E-state index contributed by atoms with van der Waals surface area (Å²) in [6.07, 6.45) is 0. The van der Waals surface area contributed by atoms with Crippen LogP contribution in [-0.4, -0.2) is 12.5 Å². The number of hydrogen-bond donors (Lipinski definition) is 1. The van der Waals surface area contributed by atoms with Crippen LogP contribution >= 0.6 is 11.6 Å². The molecule has 1 amide bonds. The van der Waals surface area contributed by atoms with Gasteiger partial charge in [0.1, 0.15) is 5.75 Å². The van der Waals surface area contributed by atoms with Crippen molar-refractivity contribution >= 4 is 23.2 Å². The number of amides is 1. The third-order valence-electron chi connectivity index (χ3n) is 1.81. The minimum Gasteiger partial charge on any atom is -0.492 e. The highest BCUT2D eigenvalue weighted by atomic mass is 35.5. The molecule has 0 unspecified atom stereocenters. The molecule has 4 heteroatoms. The molecule has 0 heterocycles. The van der Waals surface area contributed by atoms with Crippen LogP contribution in [0, 0.1) is 0 Å². The number of rotatable bonds is 4. The second-order valence-corrected chi connectivity index (χ2v) is 3.35. The monoisotopic (exact) mass is 227 g/mol. The molecule has 0 atom stereocenters. The van der Waals surface area contributed by atoms with Crippen LogP contribution in [0.2, 0.25) is 0 Å². The Balaban J connectivity index is 2.98. The summed E-state index contributed by atoms with van der Waals surface area (Å²) < 4.78 is 5.38. The molecular weight excluding hydrogens is 214 g/mol. The summed E-state index contributed by atoms with van der Waals surface area (Å²) in [5.41, 5.74) is 1.62. The number of nitrogens with one attached hydrogen (secondary N) is 1. The lowest BCUT2D eigenvalue weighted by molar-refractivity contribution is -0.114. The molecular formula is C11H14ClNO2. The first kappa shape index (κ1) is 11.9. The molecule has 0 aliphatic carbocycles. The second-order valence-electron chi connectivity index (χ2n) is 3.08. The maximum atomic E-state index is 11.0. The minimum atomic E-state index is -0.123. The molecule has 0 saturated carbocycles. The van der Waals surface area contributed by atoms with E-state index < -0.39 is 0 Å². The first-order valence-corrected chi connectivity index (χ1v) is 5.30. The van der Waals surface area contributed by atoms with E-state index in [1.807, 2.05) is 25.1 Å². The predicted molar refractivity (Wildman–Crippen MR) is 61.5 cm³/mol. The van der Waals surface area contributed by atoms with Gasteiger partial charge in [-0.15, -0.1) is 11.6 Å². The number of alkyl halides is 1. The summed E-state index contributed by atoms with van der Waals surface area (Å²) in [6.45, 7) is 3.92. The normalized spacial score (nSPS) is 9.80. The summed E-state index contributed by atoms with van der Waals surface area (Å²) in [5.74, 6) is 0.961. The zero-order chi connectivity index (χ0) is 11.3. The molecule has 1 rings (SSSR count). The Kier molecular flexibility index (Phi) is 4.43. The van der Waals surface area contributed by atoms with Crippen molar-refractivity contribution in [2.75, 3.05) is 11.9 Å². The Morgan fingerprint density at radius 2 is 2.27 bits per heavy atom. The van der Waals surface area contributed by atoms with Crippen LogP contribution in [0.4, 0.5) is 5.69 Å². The summed E-state index contributed by atoms with van der Waals surface area (Å²) in [6, 6.07) is 5.51. The van der Waals surface area contributed by atoms with Gasteiger partial charge in [-0.05, 0) is 24.6 Å². The van der Waals surface area contributed by atoms with Gasteiger partial charge in [-0.3, -0.25) is 4.79 Å². The number of hydrogen-bond acceptors (Lipinski definition) is 2. The standard InChI is InChI=1S/C11H14ClNO2/c1-3-15-11-5-4-9(7-12)6-10(11)13-8(2)14/h4-6H,3,7H2,1-2H3,(H,13,14). The van der Waals surface area contributed by atoms with Crippen LogP contribution < -0.4 is 10.1 Å². The van der Waals surface area contributed by atoms with Gasteiger partial charge >= 0.3 is 0 Å². The van der Waals surface area contributed by atoms with Crippen LogP contribution in [-0.2, 0) is 10.7 Å². The fourth-order valence-electron chi connectivity index (χ4n) is 1.23. The van der Waals surface area contributed by atoms with E-state index in [0.717, 1.165) is 5.56 Å². The van der Waals surface area contributed by atoms with Gasteiger partial charge in [0, 0.05) is 12.8 Å². The van der Waals surface area contributed by atoms with E-state index in [1.54, 1.807) is 0 Å². The lowest BCUT2D eigenvalue weighted by Crippen LogP contribution is -2.08. The van der Waals surface area contributed by atoms with Crippen molar-refractivity contribution in [3.05, 3.63) is 23.8 Å². The molecule has 0 bridgehead atoms. The zero-order valence-corrected chi connectivity index (χ0v) is 9.60. The number of benzene rings is 1. The minimum absolute atomic E-state index is 0.123. The maximum absolute atomic E-state index is 11.0. The van der Waals surface area contributed by atoms with Gasteiger partial charge in [0.2, 0.25) is 5.91 Å². The van der Waals surface area contributed by atoms with Gasteiger partial charge in [-0.1, -0.05) is 6.07 Å². The molecule has 0 saturated heterocycles. The van der Waals surface area contributed by atoms with Crippen LogP contribution in [0.3, 0.4) is 0 Å². The molecule has 0 spiro atoms. The topological polar surface area (TPSA) is 38.3 Å². The first-order valence-electron chi connectivity index (χ1n) is 4.76. The Bertz CT molecular complexity index is 352. The molecule has 1 N–H and O–H groups in total. The van der Waals surface area contributed by atoms with Gasteiger partial charge in [-0.25, -0.2) is 0 Å². The summed E-state index contributed by atoms with van der Waals surface area (Å²) in [5, 5.41) is 2.71. The number of ether oxygens (including phenoxy) is 1. The molecule has 15 heavy (non-hydrogen) atoms. The van der Waals surface area contributed by atoms with Crippen molar-refractivity contribution in [2.45, 2.75) is 19.7 Å². The van der Waals surface area contributed by atoms with Crippen molar-refractivity contribution in [1.82, 2.24) is 0 Å². The molecule has 0 fully saturated rings. The van der Waals surface area contributed by atoms with Crippen molar-refractivity contribution in [3.8, 4) is 5.75 Å². The molecule has 1 aromatic carbocycles. The van der Waals surface area contributed by atoms with Crippen LogP contribution in [0.25, 0.3) is 0 Å². The van der Waals surface area contributed by atoms with Crippen molar-refractivity contribution in [3.63, 3.8) is 0 Å². The Hall–Kier alpha value is -1.22. The number of anilines is 1. The van der Waals surface area contributed by atoms with Crippen molar-refractivity contribution in [1.29, 1.82) is 0 Å². The van der Waals surface area contributed by atoms with Gasteiger partial charge < -0.3 is 10.1 Å². The smallest absolute Gasteiger partial charge is 0.221 e. The van der Waals surface area contributed by atoms with Gasteiger partial charge in [0.05, 0.1) is 12.3 Å². The SMILES string of the molecule is CCOc1ccc(CCl)cc1NC(C)=O. The average Bonchev–Trinajstić information content (AvgIpc) is 2.20. The quantitative estimate of drug-likeness (QED) is 0.804. The number of halogens is 1. The van der Waals surface area contributed by atoms with E-state index >= 15 is 0 Å². The predicted octanol–water partition coefficient (Wildman–Crippen LogP) is 2.78. The lowest BCUT2D eigenvalue weighted by Gasteiger charge is -2.11. The molecule has 0 radical (unpaired) electrons. The third-order valence-corrected chi connectivity index (χ3v) is 2.12. The summed E-state index contributed by atoms with van der Waals surface area (Å²) in [4.78, 5) is 11.0. The van der Waals surface area contributed by atoms with Gasteiger partial charge in [-0.2, -0.15) is 0 Å². The van der Waals surface area contributed by atoms with E-state index in [0.29, 0.717) is 23.9 Å². The van der Waals surface area contributed by atoms with E-state index in [-0.39, 0.29) is 5.91 Å². The van der Waals surface area contributed by atoms with Crippen molar-refractivity contribution < 1.29 is 9.53 Å². The third kappa shape index (κ3) is 3.44. The zero-order valence-electron chi connectivity index (χ0n) is 8.84. The fraction of sp³-hybridized carbons (Fsp3) is 0.364. The largest absolute Gasteiger partial charge is 0.492 e. The average molecular weight is 228 g/mol. The van der Waals surface area contributed by atoms with Crippen LogP contribution in [0.15, 0.2) is 18.2 Å². The molecule has 0 aliphatic heterocycles. The highest BCUT2D eigenvalue weighted by Gasteiger charge is 2.05. The number of carbonyl (C=O) groups is 1. The maximum Gasteiger partial charge on any atom is 0.221 e. The fourth-order valence-corrected chi connectivity index (χ4v) is 1.40. The van der Waals surface area contributed by atoms with E-state index in [9.17, 15) is 4.79 Å². The highest BCUT2D eigenvalue weighted by Crippen LogP contribution is 2.26. The Morgan fingerprint density at radius 3 is 2.80 bits per heavy atom. The second kappa shape index (κ2) is 5.61. The molecule has 1 aromatic rings. The first-order chi connectivity index (χ1) is 7.17. The van der Waals surface area contributed by atoms with E-state index in [4.69, 9.17) is 16.3 Å². The van der Waals surface area contributed by atoms with E-state index in [1.165, 1.54) is 6.92 Å². The molecule has 0 aliphatic rings. The van der Waals surface area contributed by atoms with E-state index in [2.05, 4.69) is 5.32 Å². The summed E-state index contributed by atoms with van der Waals surface area (Å²) >= 11 is 5.71. The molecule has 3 nitrogen and oxygen atoms in total. The Labute approximate surface area is 94.4 Å². The van der Waals surface area contributed by atoms with Gasteiger partial charge in [0.25, 0.3) is 0 Å². The lowest BCUT2D eigenvalue weighted by atomic mass is 10.2. The Morgan fingerprint density at radius 1 is 1.53 bits per heavy atom. The van der Waals surface area contributed by atoms with Gasteiger partial charge in [0.15, 0.2) is 0 Å². The molecule has 82 valence electrons. The van der Waals surface area contributed by atoms with Crippen LogP contribution in [0.1, 0.15) is 19.4 Å². The molecule has 0 aromatic heterocycles. The summed E-state index contributed by atoms with van der Waals surface area (Å²) in [7, 11) is 0. The highest BCUT2D eigenvalue weighted by molar-refractivity contribution is 6.17.